The number of rotatable bonds is 3. The van der Waals surface area contributed by atoms with Crippen LogP contribution in [-0.2, 0) is 12.8 Å². The molecule has 0 saturated heterocycles. The summed E-state index contributed by atoms with van der Waals surface area (Å²) in [6.45, 7) is 6.53. The lowest BCUT2D eigenvalue weighted by atomic mass is 10.1. The molecule has 0 bridgehead atoms. The molecule has 0 aliphatic rings. The van der Waals surface area contributed by atoms with Crippen molar-refractivity contribution >= 4 is 0 Å². The van der Waals surface area contributed by atoms with E-state index >= 15 is 0 Å². The summed E-state index contributed by atoms with van der Waals surface area (Å²) < 4.78 is 4.21. The molecule has 2 heterocycles. The largest absolute Gasteiger partial charge is 0.245 e. The van der Waals surface area contributed by atoms with Crippen LogP contribution in [0.1, 0.15) is 30.5 Å². The normalized spacial score (nSPS) is 10.5. The van der Waals surface area contributed by atoms with Gasteiger partial charge >= 0.3 is 0 Å². The molecule has 2 aromatic rings. The van der Waals surface area contributed by atoms with Crippen LogP contribution in [0.2, 0.25) is 0 Å². The summed E-state index contributed by atoms with van der Waals surface area (Å²) in [6, 6.07) is 6.50. The lowest BCUT2D eigenvalue weighted by Crippen LogP contribution is -2.65. The van der Waals surface area contributed by atoms with Crippen LogP contribution in [0.3, 0.4) is 0 Å². The number of hydrogen-bond acceptors (Lipinski definition) is 0. The second kappa shape index (κ2) is 5.09. The van der Waals surface area contributed by atoms with E-state index in [0.29, 0.717) is 0 Å². The molecule has 0 N–H and O–H groups in total. The number of nitrogens with zero attached hydrogens (tertiary/aromatic N) is 2. The molecule has 0 saturated carbocycles. The maximum atomic E-state index is 2.20. The van der Waals surface area contributed by atoms with Crippen molar-refractivity contribution in [2.75, 3.05) is 0 Å². The average Bonchev–Trinajstić information content (AvgIpc) is 2.39. The maximum absolute atomic E-state index is 2.20. The van der Waals surface area contributed by atoms with E-state index in [1.165, 1.54) is 16.7 Å². The van der Waals surface area contributed by atoms with Gasteiger partial charge in [0.2, 0.25) is 24.8 Å². The highest BCUT2D eigenvalue weighted by molar-refractivity contribution is 5.18. The van der Waals surface area contributed by atoms with Crippen molar-refractivity contribution in [3.8, 4) is 0 Å². The van der Waals surface area contributed by atoms with Gasteiger partial charge in [0.25, 0.3) is 0 Å². The Bertz CT molecular complexity index is 501. The van der Waals surface area contributed by atoms with Crippen molar-refractivity contribution < 1.29 is 9.35 Å². The summed E-state index contributed by atoms with van der Waals surface area (Å²) in [4.78, 5) is 0. The molecule has 0 radical (unpaired) electrons. The van der Waals surface area contributed by atoms with Gasteiger partial charge in [0, 0.05) is 23.8 Å². The molecule has 88 valence electrons. The highest BCUT2D eigenvalue weighted by Crippen LogP contribution is 2.03. The third kappa shape index (κ3) is 2.52. The molecule has 2 nitrogen and oxygen atoms in total. The Balaban J connectivity index is 2.38. The summed E-state index contributed by atoms with van der Waals surface area (Å²) in [6.07, 6.45) is 10.7. The summed E-state index contributed by atoms with van der Waals surface area (Å²) in [7, 11) is 0. The lowest BCUT2D eigenvalue weighted by Gasteiger charge is -1.98. The molecule has 0 aromatic carbocycles. The first kappa shape index (κ1) is 11.8. The Labute approximate surface area is 103 Å². The number of aromatic nitrogens is 2. The first-order valence-electron chi connectivity index (χ1n) is 6.26. The second-order valence-corrected chi connectivity index (χ2v) is 4.33. The molecule has 0 amide bonds. The molecule has 0 spiro atoms. The van der Waals surface area contributed by atoms with E-state index in [-0.39, 0.29) is 0 Å². The molecule has 2 heteroatoms. The average molecular weight is 228 g/mol. The summed E-state index contributed by atoms with van der Waals surface area (Å²) in [5.74, 6) is 0. The van der Waals surface area contributed by atoms with Gasteiger partial charge in [-0.05, 0) is 30.9 Å². The van der Waals surface area contributed by atoms with E-state index in [4.69, 9.17) is 0 Å². The van der Waals surface area contributed by atoms with Crippen molar-refractivity contribution in [3.05, 3.63) is 59.7 Å². The molecular formula is C15H20N2+2. The van der Waals surface area contributed by atoms with Gasteiger partial charge in [0.05, 0.1) is 9.35 Å². The minimum absolute atomic E-state index is 1.07. The predicted octanol–water partition coefficient (Wildman–Crippen LogP) is 2.01. The van der Waals surface area contributed by atoms with E-state index < -0.39 is 0 Å². The minimum atomic E-state index is 1.07. The molecule has 2 rings (SSSR count). The zero-order valence-corrected chi connectivity index (χ0v) is 10.9. The summed E-state index contributed by atoms with van der Waals surface area (Å²) in [5, 5.41) is 0. The Kier molecular flexibility index (Phi) is 3.52. The third-order valence-corrected chi connectivity index (χ3v) is 3.21. The first-order chi connectivity index (χ1) is 8.24. The summed E-state index contributed by atoms with van der Waals surface area (Å²) >= 11 is 0. The van der Waals surface area contributed by atoms with E-state index in [9.17, 15) is 0 Å². The van der Waals surface area contributed by atoms with Gasteiger partial charge in [-0.15, -0.1) is 0 Å². The molecule has 0 atom stereocenters. The fraction of sp³-hybridized carbons (Fsp3) is 0.333. The lowest BCUT2D eigenvalue weighted by molar-refractivity contribution is -1.30. The summed E-state index contributed by atoms with van der Waals surface area (Å²) in [5.41, 5.74) is 4.11. The van der Waals surface area contributed by atoms with Gasteiger partial charge in [-0.3, -0.25) is 0 Å². The van der Waals surface area contributed by atoms with Gasteiger partial charge in [-0.2, -0.15) is 0 Å². The quantitative estimate of drug-likeness (QED) is 0.710. The Morgan fingerprint density at radius 2 is 1.53 bits per heavy atom. The smallest absolute Gasteiger partial charge is 0.0613 e. The molecule has 0 unspecified atom stereocenters. The molecule has 0 aliphatic carbocycles. The fourth-order valence-electron chi connectivity index (χ4n) is 1.95. The first-order valence-corrected chi connectivity index (χ1v) is 6.26. The van der Waals surface area contributed by atoms with Gasteiger partial charge < -0.3 is 0 Å². The van der Waals surface area contributed by atoms with Crippen molar-refractivity contribution in [1.82, 2.24) is 0 Å². The van der Waals surface area contributed by atoms with Gasteiger partial charge in [0.15, 0.2) is 0 Å². The monoisotopic (exact) mass is 228 g/mol. The Hall–Kier alpha value is -1.70. The second-order valence-electron chi connectivity index (χ2n) is 4.33. The minimum Gasteiger partial charge on any atom is -0.0613 e. The highest BCUT2D eigenvalue weighted by Gasteiger charge is 2.13. The number of hydrogen-bond donors (Lipinski definition) is 0. The molecule has 0 fully saturated rings. The zero-order chi connectivity index (χ0) is 12.3. The Morgan fingerprint density at radius 1 is 0.882 bits per heavy atom. The van der Waals surface area contributed by atoms with Gasteiger partial charge in [-0.25, -0.2) is 0 Å². The van der Waals surface area contributed by atoms with Crippen LogP contribution in [-0.4, -0.2) is 0 Å². The van der Waals surface area contributed by atoms with Crippen LogP contribution in [0.5, 0.6) is 0 Å². The standard InChI is InChI=1S/C15H20N2/c1-4-14-7-10-16(11-8-14)17-9-6-13(3)15(5-2)12-17/h6-12H,4-5H2,1-3H3/q+2. The maximum Gasteiger partial charge on any atom is 0.245 e. The van der Waals surface area contributed by atoms with E-state index in [1.54, 1.807) is 0 Å². The van der Waals surface area contributed by atoms with Crippen LogP contribution in [0.25, 0.3) is 0 Å². The van der Waals surface area contributed by atoms with Crippen LogP contribution < -0.4 is 9.35 Å². The van der Waals surface area contributed by atoms with E-state index in [0.717, 1.165) is 12.8 Å². The molecule has 17 heavy (non-hydrogen) atoms. The fourth-order valence-corrected chi connectivity index (χ4v) is 1.95. The van der Waals surface area contributed by atoms with Gasteiger partial charge in [-0.1, -0.05) is 13.8 Å². The van der Waals surface area contributed by atoms with Crippen molar-refractivity contribution in [3.63, 3.8) is 0 Å². The topological polar surface area (TPSA) is 7.76 Å². The van der Waals surface area contributed by atoms with Crippen molar-refractivity contribution in [2.24, 2.45) is 0 Å². The van der Waals surface area contributed by atoms with Crippen molar-refractivity contribution in [2.45, 2.75) is 33.6 Å². The van der Waals surface area contributed by atoms with E-state index in [1.807, 2.05) is 0 Å². The third-order valence-electron chi connectivity index (χ3n) is 3.21. The van der Waals surface area contributed by atoms with E-state index in [2.05, 4.69) is 73.1 Å². The molecule has 2 aromatic heterocycles. The molecular weight excluding hydrogens is 208 g/mol. The number of pyridine rings is 2. The van der Waals surface area contributed by atoms with Crippen molar-refractivity contribution in [1.29, 1.82) is 0 Å². The highest BCUT2D eigenvalue weighted by atomic mass is 15.4. The number of aryl methyl sites for hydroxylation is 3. The van der Waals surface area contributed by atoms with Crippen LogP contribution in [0.15, 0.2) is 43.0 Å². The van der Waals surface area contributed by atoms with Crippen LogP contribution >= 0.6 is 0 Å². The zero-order valence-electron chi connectivity index (χ0n) is 10.9. The van der Waals surface area contributed by atoms with Crippen LogP contribution in [0, 0.1) is 6.92 Å². The van der Waals surface area contributed by atoms with Crippen LogP contribution in [0.4, 0.5) is 0 Å². The van der Waals surface area contributed by atoms with Gasteiger partial charge in [0.1, 0.15) is 0 Å². The SMILES string of the molecule is CCc1cc[n+](-[n+]2ccc(C)c(CC)c2)cc1. The predicted molar refractivity (Wildman–Crippen MR) is 67.6 cm³/mol. The molecule has 0 aliphatic heterocycles. The Morgan fingerprint density at radius 3 is 2.12 bits per heavy atom.